The summed E-state index contributed by atoms with van der Waals surface area (Å²) in [5.41, 5.74) is 1.96. The second kappa shape index (κ2) is 10.7. The molecule has 0 atom stereocenters. The quantitative estimate of drug-likeness (QED) is 0.332. The number of methoxy groups -OCH3 is 2. The van der Waals surface area contributed by atoms with Gasteiger partial charge in [-0.2, -0.15) is 4.31 Å². The number of carbonyl (C=O) groups excluding carboxylic acids is 1. The van der Waals surface area contributed by atoms with Gasteiger partial charge in [0.2, 0.25) is 10.0 Å². The van der Waals surface area contributed by atoms with Gasteiger partial charge in [0.25, 0.3) is 0 Å². The number of rotatable bonds is 8. The van der Waals surface area contributed by atoms with E-state index in [2.05, 4.69) is 4.90 Å². The minimum Gasteiger partial charge on any atom is -0.496 e. The molecule has 184 valence electrons. The van der Waals surface area contributed by atoms with E-state index in [9.17, 15) is 13.2 Å². The Morgan fingerprint density at radius 1 is 0.971 bits per heavy atom. The fraction of sp³-hybridized carbons (Fsp3) is 0.269. The number of benzene rings is 2. The number of piperazine rings is 1. The van der Waals surface area contributed by atoms with Crippen molar-refractivity contribution >= 4 is 33.2 Å². The van der Waals surface area contributed by atoms with Gasteiger partial charge in [-0.3, -0.25) is 4.79 Å². The molecule has 0 aliphatic carbocycles. The third-order valence-corrected chi connectivity index (χ3v) is 8.80. The van der Waals surface area contributed by atoms with Crippen molar-refractivity contribution < 1.29 is 22.7 Å². The molecule has 1 aliphatic rings. The number of ether oxygens (including phenoxy) is 2. The number of sulfonamides is 1. The standard InChI is InChI=1S/C26H28N2O5S2/c1-27-12-14-28(15-13-27)35(30,31)20-9-6-19(7-10-20)8-11-23(29)21-17-22(26-5-4-16-34-26)25(33-3)18-24(21)32-2/h4-11,16-18H,12-15H2,1-3H3/b11-8+. The first kappa shape index (κ1) is 25.1. The van der Waals surface area contributed by atoms with Crippen LogP contribution in [0.2, 0.25) is 0 Å². The zero-order chi connectivity index (χ0) is 25.0. The van der Waals surface area contributed by atoms with E-state index in [1.165, 1.54) is 17.5 Å². The molecule has 2 aromatic carbocycles. The van der Waals surface area contributed by atoms with E-state index in [-0.39, 0.29) is 10.7 Å². The Morgan fingerprint density at radius 3 is 2.26 bits per heavy atom. The van der Waals surface area contributed by atoms with Gasteiger partial charge in [0.05, 0.1) is 24.7 Å². The van der Waals surface area contributed by atoms with Gasteiger partial charge in [0.1, 0.15) is 11.5 Å². The highest BCUT2D eigenvalue weighted by molar-refractivity contribution is 7.89. The van der Waals surface area contributed by atoms with Crippen molar-refractivity contribution in [2.24, 2.45) is 0 Å². The SMILES string of the molecule is COc1cc(OC)c(-c2cccs2)cc1C(=O)/C=C/c1ccc(S(=O)(=O)N2CCN(C)CC2)cc1. The zero-order valence-corrected chi connectivity index (χ0v) is 21.6. The van der Waals surface area contributed by atoms with E-state index in [1.54, 1.807) is 60.9 Å². The number of ketones is 1. The van der Waals surface area contributed by atoms with Gasteiger partial charge in [-0.25, -0.2) is 8.42 Å². The van der Waals surface area contributed by atoms with E-state index in [4.69, 9.17) is 9.47 Å². The second-order valence-electron chi connectivity index (χ2n) is 8.20. The van der Waals surface area contributed by atoms with Crippen LogP contribution in [-0.2, 0) is 10.0 Å². The van der Waals surface area contributed by atoms with Gasteiger partial charge in [0.15, 0.2) is 5.78 Å². The lowest BCUT2D eigenvalue weighted by Gasteiger charge is -2.31. The fourth-order valence-electron chi connectivity index (χ4n) is 3.91. The van der Waals surface area contributed by atoms with E-state index in [0.717, 1.165) is 16.0 Å². The molecule has 2 heterocycles. The van der Waals surface area contributed by atoms with Crippen LogP contribution in [0, 0.1) is 0 Å². The lowest BCUT2D eigenvalue weighted by Crippen LogP contribution is -2.46. The number of hydrogen-bond acceptors (Lipinski definition) is 7. The van der Waals surface area contributed by atoms with Crippen LogP contribution in [0.4, 0.5) is 0 Å². The van der Waals surface area contributed by atoms with Crippen LogP contribution in [-0.4, -0.2) is 70.9 Å². The summed E-state index contributed by atoms with van der Waals surface area (Å²) in [6, 6.07) is 14.0. The molecule has 4 rings (SSSR count). The molecule has 1 saturated heterocycles. The largest absolute Gasteiger partial charge is 0.496 e. The molecule has 35 heavy (non-hydrogen) atoms. The average Bonchev–Trinajstić information content (AvgIpc) is 3.42. The van der Waals surface area contributed by atoms with Gasteiger partial charge in [-0.1, -0.05) is 24.3 Å². The van der Waals surface area contributed by atoms with E-state index in [0.29, 0.717) is 43.2 Å². The number of likely N-dealkylation sites (N-methyl/N-ethyl adjacent to an activating group) is 1. The summed E-state index contributed by atoms with van der Waals surface area (Å²) in [6.07, 6.45) is 3.13. The number of thiophene rings is 1. The van der Waals surface area contributed by atoms with Crippen molar-refractivity contribution in [1.82, 2.24) is 9.21 Å². The molecule has 1 fully saturated rings. The van der Waals surface area contributed by atoms with Crippen molar-refractivity contribution in [3.8, 4) is 21.9 Å². The van der Waals surface area contributed by atoms with Gasteiger partial charge >= 0.3 is 0 Å². The Balaban J connectivity index is 1.54. The lowest BCUT2D eigenvalue weighted by molar-refractivity contribution is 0.104. The predicted octanol–water partition coefficient (Wildman–Crippen LogP) is 4.26. The van der Waals surface area contributed by atoms with Crippen LogP contribution < -0.4 is 9.47 Å². The summed E-state index contributed by atoms with van der Waals surface area (Å²) in [5.74, 6) is 0.823. The molecule has 0 amide bonds. The smallest absolute Gasteiger partial charge is 0.243 e. The lowest BCUT2D eigenvalue weighted by atomic mass is 10.0. The van der Waals surface area contributed by atoms with Crippen molar-refractivity contribution in [1.29, 1.82) is 0 Å². The first-order valence-corrected chi connectivity index (χ1v) is 13.5. The normalized spacial score (nSPS) is 15.4. The highest BCUT2D eigenvalue weighted by Gasteiger charge is 2.27. The number of allylic oxidation sites excluding steroid dienone is 1. The molecule has 0 spiro atoms. The van der Waals surface area contributed by atoms with E-state index in [1.807, 2.05) is 24.6 Å². The summed E-state index contributed by atoms with van der Waals surface area (Å²) < 4.78 is 38.3. The maximum Gasteiger partial charge on any atom is 0.243 e. The number of carbonyl (C=O) groups is 1. The predicted molar refractivity (Wildman–Crippen MR) is 139 cm³/mol. The van der Waals surface area contributed by atoms with E-state index >= 15 is 0 Å². The molecule has 1 aliphatic heterocycles. The minimum atomic E-state index is -3.53. The van der Waals surface area contributed by atoms with Crippen molar-refractivity contribution in [3.05, 3.63) is 71.1 Å². The highest BCUT2D eigenvalue weighted by Crippen LogP contribution is 2.38. The summed E-state index contributed by atoms with van der Waals surface area (Å²) in [4.78, 5) is 16.4. The molecule has 0 unspecified atom stereocenters. The van der Waals surface area contributed by atoms with Crippen LogP contribution >= 0.6 is 11.3 Å². The Bertz CT molecular complexity index is 1310. The van der Waals surface area contributed by atoms with E-state index < -0.39 is 10.0 Å². The molecule has 0 radical (unpaired) electrons. The van der Waals surface area contributed by atoms with Gasteiger partial charge in [-0.05, 0) is 48.3 Å². The minimum absolute atomic E-state index is 0.226. The third-order valence-electron chi connectivity index (χ3n) is 5.98. The van der Waals surface area contributed by atoms with Crippen LogP contribution in [0.1, 0.15) is 15.9 Å². The first-order chi connectivity index (χ1) is 16.8. The summed E-state index contributed by atoms with van der Waals surface area (Å²) in [6.45, 7) is 2.38. The number of nitrogens with zero attached hydrogens (tertiary/aromatic N) is 2. The molecule has 9 heteroatoms. The van der Waals surface area contributed by atoms with Crippen molar-refractivity contribution in [3.63, 3.8) is 0 Å². The summed E-state index contributed by atoms with van der Waals surface area (Å²) in [5, 5.41) is 1.97. The molecule has 0 saturated carbocycles. The molecular weight excluding hydrogens is 484 g/mol. The monoisotopic (exact) mass is 512 g/mol. The van der Waals surface area contributed by atoms with Gasteiger partial charge in [0, 0.05) is 42.7 Å². The Labute approximate surface area is 210 Å². The summed E-state index contributed by atoms with van der Waals surface area (Å²) >= 11 is 1.56. The zero-order valence-electron chi connectivity index (χ0n) is 19.9. The fourth-order valence-corrected chi connectivity index (χ4v) is 6.08. The molecule has 0 N–H and O–H groups in total. The second-order valence-corrected chi connectivity index (χ2v) is 11.1. The highest BCUT2D eigenvalue weighted by atomic mass is 32.2. The topological polar surface area (TPSA) is 76.1 Å². The summed E-state index contributed by atoms with van der Waals surface area (Å²) in [7, 11) is 1.55. The van der Waals surface area contributed by atoms with Crippen molar-refractivity contribution in [2.75, 3.05) is 47.4 Å². The first-order valence-electron chi connectivity index (χ1n) is 11.1. The molecule has 1 aromatic heterocycles. The third kappa shape index (κ3) is 5.48. The van der Waals surface area contributed by atoms with Crippen LogP contribution in [0.5, 0.6) is 11.5 Å². The molecule has 7 nitrogen and oxygen atoms in total. The number of hydrogen-bond donors (Lipinski definition) is 0. The Kier molecular flexibility index (Phi) is 7.71. The van der Waals surface area contributed by atoms with Crippen molar-refractivity contribution in [2.45, 2.75) is 4.90 Å². The van der Waals surface area contributed by atoms with Crippen LogP contribution in [0.25, 0.3) is 16.5 Å². The molecular formula is C26H28N2O5S2. The van der Waals surface area contributed by atoms with Crippen LogP contribution in [0.15, 0.2) is 64.9 Å². The maximum absolute atomic E-state index is 13.1. The Hall–Kier alpha value is -2.98. The molecule has 0 bridgehead atoms. The average molecular weight is 513 g/mol. The Morgan fingerprint density at radius 2 is 1.66 bits per heavy atom. The van der Waals surface area contributed by atoms with Crippen LogP contribution in [0.3, 0.4) is 0 Å². The molecule has 3 aromatic rings. The maximum atomic E-state index is 13.1. The van der Waals surface area contributed by atoms with Gasteiger partial charge < -0.3 is 14.4 Å². The van der Waals surface area contributed by atoms with Gasteiger partial charge in [-0.15, -0.1) is 11.3 Å².